The third-order valence-electron chi connectivity index (χ3n) is 6.36. The molecule has 3 aromatic heterocycles. The lowest BCUT2D eigenvalue weighted by Crippen LogP contribution is -2.27. The molecule has 2 aromatic carbocycles. The second kappa shape index (κ2) is 10.9. The molecular formula is C27H14Cl2F4N4O4S. The Morgan fingerprint density at radius 1 is 1.24 bits per heavy atom. The standard InChI is InChI=1S/C27H14Cl2F4N4O4S/c1-11-36-19-7-16(27(31,32)33)22(29)14(9-34)21(19)25(38)37(11)4-5-41-20-8-18(30)17(28)6-13(20)12-2-3-35-23-15(26(39)40)10-42-24(12)23/h2-3,6-8,10H,4-5H2,1H3,(H,39,40). The molecule has 0 aliphatic carbocycles. The van der Waals surface area contributed by atoms with Crippen molar-refractivity contribution in [3.63, 3.8) is 0 Å². The van der Waals surface area contributed by atoms with Gasteiger partial charge in [-0.25, -0.2) is 14.2 Å². The van der Waals surface area contributed by atoms with Gasteiger partial charge in [-0.3, -0.25) is 14.3 Å². The lowest BCUT2D eigenvalue weighted by atomic mass is 10.0. The summed E-state index contributed by atoms with van der Waals surface area (Å²) in [5.41, 5.74) is -2.09. The van der Waals surface area contributed by atoms with E-state index in [-0.39, 0.29) is 51.7 Å². The summed E-state index contributed by atoms with van der Waals surface area (Å²) in [6.07, 6.45) is -3.48. The summed E-state index contributed by atoms with van der Waals surface area (Å²) >= 11 is 13.0. The smallest absolute Gasteiger partial charge is 0.417 e. The summed E-state index contributed by atoms with van der Waals surface area (Å²) in [7, 11) is 0. The van der Waals surface area contributed by atoms with Gasteiger partial charge in [-0.2, -0.15) is 18.4 Å². The summed E-state index contributed by atoms with van der Waals surface area (Å²) < 4.78 is 62.3. The number of carboxylic acids is 1. The minimum absolute atomic E-state index is 0.00891. The number of halogens is 6. The summed E-state index contributed by atoms with van der Waals surface area (Å²) in [6.45, 7) is 0.971. The normalized spacial score (nSPS) is 11.7. The van der Waals surface area contributed by atoms with Crippen LogP contribution in [0.4, 0.5) is 17.6 Å². The third kappa shape index (κ3) is 5.02. The molecule has 0 saturated heterocycles. The van der Waals surface area contributed by atoms with E-state index in [1.165, 1.54) is 24.6 Å². The Bertz CT molecular complexity index is 2040. The highest BCUT2D eigenvalue weighted by atomic mass is 35.5. The van der Waals surface area contributed by atoms with Crippen molar-refractivity contribution in [2.75, 3.05) is 6.61 Å². The molecule has 0 amide bonds. The van der Waals surface area contributed by atoms with Gasteiger partial charge in [0.2, 0.25) is 0 Å². The number of alkyl halides is 3. The first-order chi connectivity index (χ1) is 19.8. The number of nitrogens with zero attached hydrogens (tertiary/aromatic N) is 4. The molecule has 0 unspecified atom stereocenters. The van der Waals surface area contributed by atoms with Crippen molar-refractivity contribution >= 4 is 61.6 Å². The lowest BCUT2D eigenvalue weighted by molar-refractivity contribution is -0.137. The molecule has 0 atom stereocenters. The van der Waals surface area contributed by atoms with Crippen LogP contribution in [0.15, 0.2) is 40.6 Å². The van der Waals surface area contributed by atoms with E-state index in [2.05, 4.69) is 9.97 Å². The summed E-state index contributed by atoms with van der Waals surface area (Å²) in [5.74, 6) is -1.91. The molecule has 0 bridgehead atoms. The van der Waals surface area contributed by atoms with E-state index >= 15 is 0 Å². The number of thiophene rings is 1. The SMILES string of the molecule is Cc1nc2cc(C(F)(F)F)c(Cl)c(C#N)c2c(=O)n1CCOc1cc(F)c(Cl)cc1-c1ccnc2c(C(=O)O)csc12. The van der Waals surface area contributed by atoms with Crippen molar-refractivity contribution in [3.05, 3.63) is 84.6 Å². The molecule has 8 nitrogen and oxygen atoms in total. The number of fused-ring (bicyclic) bond motifs is 2. The predicted octanol–water partition coefficient (Wildman–Crippen LogP) is 7.10. The quantitative estimate of drug-likeness (QED) is 0.198. The Hall–Kier alpha value is -4.25. The summed E-state index contributed by atoms with van der Waals surface area (Å²) in [5, 5.41) is 18.9. The number of rotatable bonds is 6. The molecule has 0 fully saturated rings. The number of aromatic carboxylic acids is 1. The van der Waals surface area contributed by atoms with Crippen LogP contribution in [0.1, 0.15) is 27.3 Å². The van der Waals surface area contributed by atoms with Crippen molar-refractivity contribution in [2.24, 2.45) is 0 Å². The van der Waals surface area contributed by atoms with E-state index in [1.54, 1.807) is 12.1 Å². The van der Waals surface area contributed by atoms with Crippen LogP contribution in [-0.4, -0.2) is 32.2 Å². The number of aromatic nitrogens is 3. The number of pyridine rings is 1. The van der Waals surface area contributed by atoms with Crippen molar-refractivity contribution in [1.82, 2.24) is 14.5 Å². The van der Waals surface area contributed by atoms with Crippen LogP contribution in [0.2, 0.25) is 10.0 Å². The Balaban J connectivity index is 1.53. The molecule has 42 heavy (non-hydrogen) atoms. The number of hydrogen-bond acceptors (Lipinski definition) is 7. The van der Waals surface area contributed by atoms with Gasteiger partial charge in [-0.05, 0) is 25.1 Å². The van der Waals surface area contributed by atoms with Gasteiger partial charge in [0.15, 0.2) is 0 Å². The zero-order chi connectivity index (χ0) is 30.5. The van der Waals surface area contributed by atoms with Crippen molar-refractivity contribution in [1.29, 1.82) is 5.26 Å². The number of carboxylic acid groups (broad SMARTS) is 1. The van der Waals surface area contributed by atoms with Gasteiger partial charge in [0.1, 0.15) is 30.1 Å². The van der Waals surface area contributed by atoms with Gasteiger partial charge < -0.3 is 9.84 Å². The number of aryl methyl sites for hydroxylation is 1. The fourth-order valence-corrected chi connectivity index (χ4v) is 5.93. The summed E-state index contributed by atoms with van der Waals surface area (Å²) in [6, 6.07) is 6.13. The number of hydrogen-bond donors (Lipinski definition) is 1. The molecule has 5 rings (SSSR count). The average Bonchev–Trinajstić information content (AvgIpc) is 3.36. The lowest BCUT2D eigenvalue weighted by Gasteiger charge is -2.16. The first kappa shape index (κ1) is 29.2. The fraction of sp³-hybridized carbons (Fsp3) is 0.148. The van der Waals surface area contributed by atoms with Crippen LogP contribution in [0.25, 0.3) is 32.2 Å². The van der Waals surface area contributed by atoms with Gasteiger partial charge in [0, 0.05) is 28.8 Å². The fourth-order valence-electron chi connectivity index (χ4n) is 4.44. The van der Waals surface area contributed by atoms with Gasteiger partial charge in [0.05, 0.1) is 54.4 Å². The van der Waals surface area contributed by atoms with Crippen molar-refractivity contribution in [2.45, 2.75) is 19.6 Å². The third-order valence-corrected chi connectivity index (χ3v) is 8.05. The van der Waals surface area contributed by atoms with Crippen LogP contribution in [-0.2, 0) is 12.7 Å². The molecule has 0 radical (unpaired) electrons. The Morgan fingerprint density at radius 2 is 1.98 bits per heavy atom. The van der Waals surface area contributed by atoms with Crippen LogP contribution in [0, 0.1) is 24.1 Å². The van der Waals surface area contributed by atoms with Crippen LogP contribution < -0.4 is 10.3 Å². The molecule has 0 spiro atoms. The van der Waals surface area contributed by atoms with Crippen LogP contribution in [0.3, 0.4) is 0 Å². The predicted molar refractivity (Wildman–Crippen MR) is 148 cm³/mol. The maximum atomic E-state index is 14.5. The summed E-state index contributed by atoms with van der Waals surface area (Å²) in [4.78, 5) is 33.1. The van der Waals surface area contributed by atoms with Crippen molar-refractivity contribution in [3.8, 4) is 22.9 Å². The number of benzene rings is 2. The molecule has 15 heteroatoms. The second-order valence-corrected chi connectivity index (χ2v) is 10.5. The zero-order valence-corrected chi connectivity index (χ0v) is 23.3. The molecule has 0 aliphatic heterocycles. The number of nitriles is 1. The zero-order valence-electron chi connectivity index (χ0n) is 21.0. The van der Waals surface area contributed by atoms with Gasteiger partial charge in [-0.15, -0.1) is 11.3 Å². The molecule has 214 valence electrons. The van der Waals surface area contributed by atoms with Crippen molar-refractivity contribution < 1.29 is 32.2 Å². The second-order valence-electron chi connectivity index (χ2n) is 8.83. The molecule has 1 N–H and O–H groups in total. The average molecular weight is 637 g/mol. The molecule has 0 aliphatic rings. The maximum Gasteiger partial charge on any atom is 0.417 e. The minimum Gasteiger partial charge on any atom is -0.491 e. The molecule has 5 aromatic rings. The Kier molecular flexibility index (Phi) is 7.57. The minimum atomic E-state index is -4.88. The van der Waals surface area contributed by atoms with E-state index in [0.717, 1.165) is 22.0 Å². The maximum absolute atomic E-state index is 14.5. The first-order valence-corrected chi connectivity index (χ1v) is 13.4. The Morgan fingerprint density at radius 3 is 2.64 bits per heavy atom. The first-order valence-electron chi connectivity index (χ1n) is 11.8. The monoisotopic (exact) mass is 636 g/mol. The Labute approximate surface area is 246 Å². The van der Waals surface area contributed by atoms with Gasteiger partial charge >= 0.3 is 12.1 Å². The highest BCUT2D eigenvalue weighted by molar-refractivity contribution is 7.18. The molecular weight excluding hydrogens is 623 g/mol. The highest BCUT2D eigenvalue weighted by Crippen LogP contribution is 2.41. The van der Waals surface area contributed by atoms with E-state index in [1.807, 2.05) is 0 Å². The number of ether oxygens (including phenoxy) is 1. The topological polar surface area (TPSA) is 118 Å². The van der Waals surface area contributed by atoms with Gasteiger partial charge in [-0.1, -0.05) is 23.2 Å². The van der Waals surface area contributed by atoms with Gasteiger partial charge in [0.25, 0.3) is 5.56 Å². The molecule has 0 saturated carbocycles. The number of carbonyl (C=O) groups is 1. The van der Waals surface area contributed by atoms with E-state index < -0.39 is 39.7 Å². The van der Waals surface area contributed by atoms with Crippen LogP contribution in [0.5, 0.6) is 5.75 Å². The van der Waals surface area contributed by atoms with Crippen LogP contribution >= 0.6 is 34.5 Å². The molecule has 3 heterocycles. The van der Waals surface area contributed by atoms with E-state index in [4.69, 9.17) is 27.9 Å². The largest absolute Gasteiger partial charge is 0.491 e. The highest BCUT2D eigenvalue weighted by Gasteiger charge is 2.36. The van der Waals surface area contributed by atoms with E-state index in [9.17, 15) is 37.5 Å². The van der Waals surface area contributed by atoms with E-state index in [0.29, 0.717) is 21.9 Å².